The van der Waals surface area contributed by atoms with Crippen molar-refractivity contribution in [3.8, 4) is 0 Å². The molecule has 0 amide bonds. The van der Waals surface area contributed by atoms with Crippen LogP contribution in [0.4, 0.5) is 0 Å². The minimum Gasteiger partial charge on any atom is -0.376 e. The fourth-order valence-corrected chi connectivity index (χ4v) is 7.70. The van der Waals surface area contributed by atoms with Crippen LogP contribution < -0.4 is 0 Å². The molecular formula is C22H28OS3. The van der Waals surface area contributed by atoms with E-state index in [2.05, 4.69) is 62.3 Å². The summed E-state index contributed by atoms with van der Waals surface area (Å²) >= 11 is 5.39. The molecule has 0 aliphatic heterocycles. The zero-order valence-corrected chi connectivity index (χ0v) is 19.6. The van der Waals surface area contributed by atoms with Crippen molar-refractivity contribution in [3.63, 3.8) is 0 Å². The van der Waals surface area contributed by atoms with E-state index in [0.29, 0.717) is 0 Å². The molecule has 0 saturated heterocycles. The van der Waals surface area contributed by atoms with Crippen LogP contribution in [0.1, 0.15) is 62.6 Å². The van der Waals surface area contributed by atoms with Gasteiger partial charge in [0.1, 0.15) is 5.60 Å². The van der Waals surface area contributed by atoms with E-state index in [4.69, 9.17) is 0 Å². The number of aliphatic hydroxyl groups is 1. The van der Waals surface area contributed by atoms with Gasteiger partial charge in [-0.1, -0.05) is 0 Å². The second-order valence-electron chi connectivity index (χ2n) is 7.35. The molecule has 0 aromatic carbocycles. The van der Waals surface area contributed by atoms with Crippen LogP contribution in [0.3, 0.4) is 0 Å². The van der Waals surface area contributed by atoms with Crippen molar-refractivity contribution < 1.29 is 5.11 Å². The molecule has 0 fully saturated rings. The standard InChI is InChI=1S/C22H28OS3/c1-10-13(4)24-16(7)19(10)22(23,20-11(2)14(5)25-17(20)8)21-12(3)15(6)26-18(21)9/h23H,1-9H3. The summed E-state index contributed by atoms with van der Waals surface area (Å²) in [6.45, 7) is 19.4. The lowest BCUT2D eigenvalue weighted by molar-refractivity contribution is 0.123. The van der Waals surface area contributed by atoms with Gasteiger partial charge >= 0.3 is 0 Å². The molecule has 0 aliphatic rings. The largest absolute Gasteiger partial charge is 0.376 e. The molecule has 0 saturated carbocycles. The summed E-state index contributed by atoms with van der Waals surface area (Å²) in [5, 5.41) is 12.6. The number of hydrogen-bond acceptors (Lipinski definition) is 4. The maximum absolute atomic E-state index is 12.6. The van der Waals surface area contributed by atoms with Crippen molar-refractivity contribution in [2.75, 3.05) is 0 Å². The van der Waals surface area contributed by atoms with E-state index in [9.17, 15) is 5.11 Å². The highest BCUT2D eigenvalue weighted by Gasteiger charge is 2.44. The Bertz CT molecular complexity index is 871. The molecule has 3 aromatic rings. The summed E-state index contributed by atoms with van der Waals surface area (Å²) in [5.74, 6) is 0. The molecule has 140 valence electrons. The average molecular weight is 405 g/mol. The van der Waals surface area contributed by atoms with Crippen LogP contribution in [0.5, 0.6) is 0 Å². The van der Waals surface area contributed by atoms with Crippen LogP contribution in [-0.4, -0.2) is 5.11 Å². The highest BCUT2D eigenvalue weighted by atomic mass is 32.1. The minimum absolute atomic E-state index is 1.09. The molecule has 3 rings (SSSR count). The molecule has 0 aliphatic carbocycles. The fourth-order valence-electron chi connectivity index (χ4n) is 4.35. The van der Waals surface area contributed by atoms with Crippen LogP contribution in [0, 0.1) is 62.3 Å². The van der Waals surface area contributed by atoms with Gasteiger partial charge in [-0.25, -0.2) is 0 Å². The third kappa shape index (κ3) is 2.65. The highest BCUT2D eigenvalue weighted by molar-refractivity contribution is 7.13. The molecule has 0 unspecified atom stereocenters. The van der Waals surface area contributed by atoms with E-state index in [1.54, 1.807) is 34.0 Å². The molecule has 1 nitrogen and oxygen atoms in total. The van der Waals surface area contributed by atoms with E-state index in [0.717, 1.165) is 16.7 Å². The van der Waals surface area contributed by atoms with Crippen molar-refractivity contribution in [1.82, 2.24) is 0 Å². The van der Waals surface area contributed by atoms with Crippen LogP contribution in [0.15, 0.2) is 0 Å². The number of thiophene rings is 3. The Morgan fingerprint density at radius 3 is 0.846 bits per heavy atom. The first-order chi connectivity index (χ1) is 12.0. The number of rotatable bonds is 3. The van der Waals surface area contributed by atoms with Crippen LogP contribution >= 0.6 is 34.0 Å². The summed E-state index contributed by atoms with van der Waals surface area (Å²) < 4.78 is 0. The van der Waals surface area contributed by atoms with Crippen molar-refractivity contribution >= 4 is 34.0 Å². The number of hydrogen-bond donors (Lipinski definition) is 1. The monoisotopic (exact) mass is 404 g/mol. The Morgan fingerprint density at radius 2 is 0.692 bits per heavy atom. The second-order valence-corrected chi connectivity index (χ2v) is 11.6. The zero-order chi connectivity index (χ0) is 19.5. The summed E-state index contributed by atoms with van der Waals surface area (Å²) in [6, 6.07) is 0. The lowest BCUT2D eigenvalue weighted by atomic mass is 9.75. The lowest BCUT2D eigenvalue weighted by Crippen LogP contribution is -2.32. The van der Waals surface area contributed by atoms with Crippen LogP contribution in [0.2, 0.25) is 0 Å². The first-order valence-corrected chi connectivity index (χ1v) is 11.4. The van der Waals surface area contributed by atoms with Gasteiger partial charge in [0.2, 0.25) is 0 Å². The van der Waals surface area contributed by atoms with Crippen molar-refractivity contribution in [1.29, 1.82) is 0 Å². The zero-order valence-electron chi connectivity index (χ0n) is 17.2. The Hall–Kier alpha value is -0.940. The third-order valence-electron chi connectivity index (χ3n) is 5.77. The molecule has 26 heavy (non-hydrogen) atoms. The maximum atomic E-state index is 12.6. The normalized spacial score (nSPS) is 12.2. The van der Waals surface area contributed by atoms with Gasteiger partial charge in [-0.05, 0) is 79.0 Å². The van der Waals surface area contributed by atoms with Gasteiger partial charge < -0.3 is 5.11 Å². The van der Waals surface area contributed by atoms with Crippen molar-refractivity contribution in [2.24, 2.45) is 0 Å². The average Bonchev–Trinajstić information content (AvgIpc) is 3.04. The Morgan fingerprint density at radius 1 is 0.462 bits per heavy atom. The number of aryl methyl sites for hydroxylation is 6. The molecule has 0 atom stereocenters. The first-order valence-electron chi connectivity index (χ1n) is 8.95. The molecule has 3 aromatic heterocycles. The van der Waals surface area contributed by atoms with Gasteiger partial charge in [0.05, 0.1) is 0 Å². The molecule has 3 heterocycles. The van der Waals surface area contributed by atoms with Gasteiger partial charge in [0, 0.05) is 46.0 Å². The lowest BCUT2D eigenvalue weighted by Gasteiger charge is -2.33. The quantitative estimate of drug-likeness (QED) is 0.502. The summed E-state index contributed by atoms with van der Waals surface area (Å²) in [7, 11) is 0. The summed E-state index contributed by atoms with van der Waals surface area (Å²) in [4.78, 5) is 7.52. The Kier molecular flexibility index (Phi) is 5.02. The van der Waals surface area contributed by atoms with Gasteiger partial charge in [-0.15, -0.1) is 34.0 Å². The maximum Gasteiger partial charge on any atom is 0.144 e. The van der Waals surface area contributed by atoms with E-state index in [-0.39, 0.29) is 0 Å². The minimum atomic E-state index is -1.09. The highest BCUT2D eigenvalue weighted by Crippen LogP contribution is 2.51. The molecule has 0 radical (unpaired) electrons. The van der Waals surface area contributed by atoms with E-state index < -0.39 is 5.60 Å². The van der Waals surface area contributed by atoms with E-state index >= 15 is 0 Å². The third-order valence-corrected chi connectivity index (χ3v) is 9.14. The molecule has 0 bridgehead atoms. The van der Waals surface area contributed by atoms with Crippen LogP contribution in [0.25, 0.3) is 0 Å². The predicted molar refractivity (Wildman–Crippen MR) is 118 cm³/mol. The van der Waals surface area contributed by atoms with Crippen molar-refractivity contribution in [2.45, 2.75) is 67.9 Å². The Balaban J connectivity index is 2.52. The summed E-state index contributed by atoms with van der Waals surface area (Å²) in [5.41, 5.74) is 5.85. The smallest absolute Gasteiger partial charge is 0.144 e. The Labute approximate surface area is 169 Å². The first kappa shape index (κ1) is 19.8. The molecule has 4 heteroatoms. The predicted octanol–water partition coefficient (Wildman–Crippen LogP) is 6.93. The SMILES string of the molecule is Cc1sc(C)c(C(O)(c2c(C)sc(C)c2C)c2c(C)sc(C)c2C)c1C. The van der Waals surface area contributed by atoms with E-state index in [1.807, 2.05) is 0 Å². The summed E-state index contributed by atoms with van der Waals surface area (Å²) in [6.07, 6.45) is 0. The second kappa shape index (κ2) is 6.59. The molecular weight excluding hydrogens is 376 g/mol. The fraction of sp³-hybridized carbons (Fsp3) is 0.455. The van der Waals surface area contributed by atoms with Gasteiger partial charge in [-0.3, -0.25) is 0 Å². The van der Waals surface area contributed by atoms with Crippen molar-refractivity contribution in [3.05, 3.63) is 62.6 Å². The van der Waals surface area contributed by atoms with Gasteiger partial charge in [0.25, 0.3) is 0 Å². The molecule has 1 N–H and O–H groups in total. The van der Waals surface area contributed by atoms with Gasteiger partial charge in [-0.2, -0.15) is 0 Å². The topological polar surface area (TPSA) is 20.2 Å². The van der Waals surface area contributed by atoms with E-state index in [1.165, 1.54) is 46.0 Å². The van der Waals surface area contributed by atoms with Gasteiger partial charge in [0.15, 0.2) is 0 Å². The van der Waals surface area contributed by atoms with Crippen LogP contribution in [-0.2, 0) is 5.60 Å². The molecule has 0 spiro atoms.